The van der Waals surface area contributed by atoms with Gasteiger partial charge in [0.1, 0.15) is 5.82 Å². The van der Waals surface area contributed by atoms with Crippen LogP contribution in [0.3, 0.4) is 0 Å². The minimum atomic E-state index is -4.31. The zero-order valence-electron chi connectivity index (χ0n) is 16.3. The van der Waals surface area contributed by atoms with E-state index in [1.807, 2.05) is 38.1 Å². The highest BCUT2D eigenvalue weighted by Crippen LogP contribution is 2.29. The van der Waals surface area contributed by atoms with Crippen LogP contribution in [0.2, 0.25) is 0 Å². The molecule has 0 radical (unpaired) electrons. The second-order valence-electron chi connectivity index (χ2n) is 6.45. The van der Waals surface area contributed by atoms with Crippen molar-refractivity contribution in [3.63, 3.8) is 0 Å². The van der Waals surface area contributed by atoms with Crippen molar-refractivity contribution in [1.82, 2.24) is 15.6 Å². The van der Waals surface area contributed by atoms with Gasteiger partial charge in [0.15, 0.2) is 5.96 Å². The predicted octanol–water partition coefficient (Wildman–Crippen LogP) is 3.46. The Bertz CT molecular complexity index is 770. The Balaban J connectivity index is 1.95. The van der Waals surface area contributed by atoms with Crippen LogP contribution < -0.4 is 15.5 Å². The van der Waals surface area contributed by atoms with Gasteiger partial charge in [-0.05, 0) is 37.1 Å². The molecular formula is C20H26F3N5. The number of benzene rings is 1. The number of aromatic nitrogens is 1. The van der Waals surface area contributed by atoms with E-state index in [4.69, 9.17) is 0 Å². The van der Waals surface area contributed by atoms with E-state index in [1.165, 1.54) is 12.1 Å². The summed E-state index contributed by atoms with van der Waals surface area (Å²) in [5.74, 6) is 1.52. The highest BCUT2D eigenvalue weighted by molar-refractivity contribution is 5.79. The molecule has 2 N–H and O–H groups in total. The molecule has 0 bridgehead atoms. The number of alkyl halides is 3. The van der Waals surface area contributed by atoms with E-state index in [9.17, 15) is 13.2 Å². The number of hydrogen-bond acceptors (Lipinski definition) is 3. The molecule has 0 saturated heterocycles. The largest absolute Gasteiger partial charge is 0.416 e. The molecule has 0 fully saturated rings. The number of rotatable bonds is 7. The standard InChI is InChI=1S/C20H26F3N5/c1-4-24-19(27-14-16-6-5-12-25-18(16)28(2)3)26-13-11-15-7-9-17(10-8-15)20(21,22)23/h5-10,12H,4,11,13-14H2,1-3H3,(H2,24,26,27). The molecular weight excluding hydrogens is 367 g/mol. The van der Waals surface area contributed by atoms with Crippen LogP contribution in [0, 0.1) is 0 Å². The number of nitrogens with one attached hydrogen (secondary N) is 2. The van der Waals surface area contributed by atoms with Crippen LogP contribution in [-0.2, 0) is 19.1 Å². The Kier molecular flexibility index (Phi) is 7.66. The van der Waals surface area contributed by atoms with Crippen molar-refractivity contribution in [2.45, 2.75) is 26.1 Å². The molecule has 8 heteroatoms. The second-order valence-corrected chi connectivity index (χ2v) is 6.45. The number of hydrogen-bond donors (Lipinski definition) is 2. The van der Waals surface area contributed by atoms with Crippen molar-refractivity contribution in [3.05, 3.63) is 59.3 Å². The molecule has 2 aromatic rings. The average molecular weight is 393 g/mol. The summed E-state index contributed by atoms with van der Waals surface area (Å²) in [5, 5.41) is 6.39. The molecule has 5 nitrogen and oxygen atoms in total. The number of guanidine groups is 1. The van der Waals surface area contributed by atoms with Gasteiger partial charge < -0.3 is 15.5 Å². The van der Waals surface area contributed by atoms with Gasteiger partial charge in [0, 0.05) is 38.9 Å². The smallest absolute Gasteiger partial charge is 0.362 e. The number of pyridine rings is 1. The number of nitrogens with zero attached hydrogens (tertiary/aromatic N) is 3. The maximum atomic E-state index is 12.6. The van der Waals surface area contributed by atoms with E-state index in [0.29, 0.717) is 32.0 Å². The first kappa shape index (κ1) is 21.5. The van der Waals surface area contributed by atoms with Crippen molar-refractivity contribution >= 4 is 11.8 Å². The molecule has 152 valence electrons. The second kappa shape index (κ2) is 9.96. The highest BCUT2D eigenvalue weighted by Gasteiger charge is 2.29. The molecule has 2 rings (SSSR count). The molecule has 0 amide bonds. The van der Waals surface area contributed by atoms with Crippen LogP contribution in [0.4, 0.5) is 19.0 Å². The van der Waals surface area contributed by atoms with Gasteiger partial charge in [-0.15, -0.1) is 0 Å². The van der Waals surface area contributed by atoms with Gasteiger partial charge in [-0.1, -0.05) is 18.2 Å². The summed E-state index contributed by atoms with van der Waals surface area (Å²) in [5.41, 5.74) is 1.21. The van der Waals surface area contributed by atoms with Crippen LogP contribution in [0.5, 0.6) is 0 Å². The van der Waals surface area contributed by atoms with Crippen molar-refractivity contribution in [2.75, 3.05) is 32.1 Å². The Labute approximate surface area is 163 Å². The normalized spacial score (nSPS) is 12.0. The zero-order chi connectivity index (χ0) is 20.6. The molecule has 0 aliphatic carbocycles. The molecule has 28 heavy (non-hydrogen) atoms. The van der Waals surface area contributed by atoms with Crippen LogP contribution in [0.25, 0.3) is 0 Å². The summed E-state index contributed by atoms with van der Waals surface area (Å²) in [7, 11) is 3.87. The number of anilines is 1. The molecule has 0 atom stereocenters. The van der Waals surface area contributed by atoms with Crippen molar-refractivity contribution in [1.29, 1.82) is 0 Å². The van der Waals surface area contributed by atoms with Gasteiger partial charge in [0.25, 0.3) is 0 Å². The lowest BCUT2D eigenvalue weighted by Crippen LogP contribution is -2.38. The van der Waals surface area contributed by atoms with Gasteiger partial charge in [0.2, 0.25) is 0 Å². The summed E-state index contributed by atoms with van der Waals surface area (Å²) < 4.78 is 37.9. The van der Waals surface area contributed by atoms with E-state index < -0.39 is 11.7 Å². The monoisotopic (exact) mass is 393 g/mol. The lowest BCUT2D eigenvalue weighted by atomic mass is 10.1. The maximum Gasteiger partial charge on any atom is 0.416 e. The quantitative estimate of drug-likeness (QED) is 0.559. The van der Waals surface area contributed by atoms with Gasteiger partial charge in [-0.2, -0.15) is 13.2 Å². The van der Waals surface area contributed by atoms with Gasteiger partial charge in [-0.25, -0.2) is 9.98 Å². The Morgan fingerprint density at radius 2 is 1.82 bits per heavy atom. The van der Waals surface area contributed by atoms with E-state index >= 15 is 0 Å². The third-order valence-corrected chi connectivity index (χ3v) is 4.03. The molecule has 0 saturated carbocycles. The van der Waals surface area contributed by atoms with E-state index in [2.05, 4.69) is 20.6 Å². The molecule has 0 unspecified atom stereocenters. The van der Waals surface area contributed by atoms with Crippen molar-refractivity contribution < 1.29 is 13.2 Å². The summed E-state index contributed by atoms with van der Waals surface area (Å²) in [6, 6.07) is 9.10. The predicted molar refractivity (Wildman–Crippen MR) is 107 cm³/mol. The first-order valence-electron chi connectivity index (χ1n) is 9.10. The van der Waals surface area contributed by atoms with Crippen LogP contribution in [0.1, 0.15) is 23.6 Å². The Hall–Kier alpha value is -2.77. The molecule has 0 spiro atoms. The van der Waals surface area contributed by atoms with E-state index in [-0.39, 0.29) is 0 Å². The summed E-state index contributed by atoms with van der Waals surface area (Å²) in [6.07, 6.45) is -1.96. The van der Waals surface area contributed by atoms with Crippen molar-refractivity contribution in [3.8, 4) is 0 Å². The summed E-state index contributed by atoms with van der Waals surface area (Å²) >= 11 is 0. The topological polar surface area (TPSA) is 52.6 Å². The maximum absolute atomic E-state index is 12.6. The lowest BCUT2D eigenvalue weighted by molar-refractivity contribution is -0.137. The first-order chi connectivity index (χ1) is 13.3. The van der Waals surface area contributed by atoms with Gasteiger partial charge in [0.05, 0.1) is 12.1 Å². The molecule has 1 aromatic carbocycles. The number of halogens is 3. The minimum Gasteiger partial charge on any atom is -0.362 e. The highest BCUT2D eigenvalue weighted by atomic mass is 19.4. The zero-order valence-corrected chi connectivity index (χ0v) is 16.3. The van der Waals surface area contributed by atoms with Crippen LogP contribution in [-0.4, -0.2) is 38.1 Å². The van der Waals surface area contributed by atoms with Crippen LogP contribution >= 0.6 is 0 Å². The van der Waals surface area contributed by atoms with E-state index in [0.717, 1.165) is 29.1 Å². The average Bonchev–Trinajstić information content (AvgIpc) is 2.66. The molecule has 0 aliphatic heterocycles. The summed E-state index contributed by atoms with van der Waals surface area (Å²) in [4.78, 5) is 10.9. The minimum absolute atomic E-state index is 0.469. The third kappa shape index (κ3) is 6.44. The first-order valence-corrected chi connectivity index (χ1v) is 9.10. The van der Waals surface area contributed by atoms with Crippen LogP contribution in [0.15, 0.2) is 47.6 Å². The summed E-state index contributed by atoms with van der Waals surface area (Å²) in [6.45, 7) is 3.71. The molecule has 1 heterocycles. The fourth-order valence-electron chi connectivity index (χ4n) is 2.65. The van der Waals surface area contributed by atoms with E-state index in [1.54, 1.807) is 6.20 Å². The fraction of sp³-hybridized carbons (Fsp3) is 0.400. The fourth-order valence-corrected chi connectivity index (χ4v) is 2.65. The van der Waals surface area contributed by atoms with Gasteiger partial charge >= 0.3 is 6.18 Å². The molecule has 1 aromatic heterocycles. The Morgan fingerprint density at radius 1 is 1.11 bits per heavy atom. The SMILES string of the molecule is CCNC(=NCc1cccnc1N(C)C)NCCc1ccc(C(F)(F)F)cc1. The number of aliphatic imine (C=N–C) groups is 1. The lowest BCUT2D eigenvalue weighted by Gasteiger charge is -2.16. The van der Waals surface area contributed by atoms with Crippen molar-refractivity contribution in [2.24, 2.45) is 4.99 Å². The molecule has 0 aliphatic rings. The Morgan fingerprint density at radius 3 is 2.43 bits per heavy atom. The third-order valence-electron chi connectivity index (χ3n) is 4.03. The van der Waals surface area contributed by atoms with Gasteiger partial charge in [-0.3, -0.25) is 0 Å².